The van der Waals surface area contributed by atoms with E-state index in [4.69, 9.17) is 9.47 Å². The minimum absolute atomic E-state index is 0.0181. The quantitative estimate of drug-likeness (QED) is 0.370. The normalized spacial score (nSPS) is 16.4. The van der Waals surface area contributed by atoms with Gasteiger partial charge in [0.2, 0.25) is 5.91 Å². The number of ether oxygens (including phenoxy) is 2. The second kappa shape index (κ2) is 12.6. The number of fused-ring (bicyclic) bond motifs is 1. The fraction of sp³-hybridized carbons (Fsp3) is 0.400. The molecule has 2 heterocycles. The summed E-state index contributed by atoms with van der Waals surface area (Å²) >= 11 is 1.73. The molecule has 1 aromatic heterocycles. The maximum atomic E-state index is 13.4. The van der Waals surface area contributed by atoms with Crippen molar-refractivity contribution in [1.29, 1.82) is 0 Å². The van der Waals surface area contributed by atoms with Gasteiger partial charge in [-0.15, -0.1) is 24.5 Å². The smallest absolute Gasteiger partial charge is 0.237 e. The first-order valence-electron chi connectivity index (χ1n) is 10.9. The molecule has 0 fully saturated rings. The largest absolute Gasteiger partial charge is 0.491 e. The molecular weight excluding hydrogens is 424 g/mol. The predicted octanol–water partition coefficient (Wildman–Crippen LogP) is 3.30. The summed E-state index contributed by atoms with van der Waals surface area (Å²) in [4.78, 5) is 18.5. The molecule has 172 valence electrons. The molecule has 2 unspecified atom stereocenters. The van der Waals surface area contributed by atoms with Crippen molar-refractivity contribution >= 4 is 17.2 Å². The van der Waals surface area contributed by atoms with Gasteiger partial charge in [-0.2, -0.15) is 0 Å². The SMILES string of the molecule is C=CCOCC(O)CN(CC=C)CC(=O)N1CCc2sccc2C1COc1ccccc1. The number of aliphatic hydroxyl groups is 1. The van der Waals surface area contributed by atoms with Gasteiger partial charge in [0.15, 0.2) is 0 Å². The lowest BCUT2D eigenvalue weighted by Gasteiger charge is -2.37. The number of carbonyl (C=O) groups excluding carboxylic acids is 1. The van der Waals surface area contributed by atoms with Gasteiger partial charge >= 0.3 is 0 Å². The maximum absolute atomic E-state index is 13.4. The van der Waals surface area contributed by atoms with Crippen molar-refractivity contribution in [2.24, 2.45) is 0 Å². The average molecular weight is 457 g/mol. The van der Waals surface area contributed by atoms with Gasteiger partial charge in [0.05, 0.1) is 31.9 Å². The first-order chi connectivity index (χ1) is 15.6. The van der Waals surface area contributed by atoms with Crippen LogP contribution in [0.25, 0.3) is 0 Å². The molecule has 7 heteroatoms. The zero-order valence-electron chi connectivity index (χ0n) is 18.4. The summed E-state index contributed by atoms with van der Waals surface area (Å²) < 4.78 is 11.4. The summed E-state index contributed by atoms with van der Waals surface area (Å²) in [6, 6.07) is 11.6. The lowest BCUT2D eigenvalue weighted by molar-refractivity contribution is -0.136. The minimum Gasteiger partial charge on any atom is -0.491 e. The number of hydrogen-bond acceptors (Lipinski definition) is 6. The van der Waals surface area contributed by atoms with Crippen LogP contribution < -0.4 is 4.74 Å². The van der Waals surface area contributed by atoms with Gasteiger partial charge in [-0.3, -0.25) is 9.69 Å². The lowest BCUT2D eigenvalue weighted by atomic mass is 10.0. The third-order valence-electron chi connectivity index (χ3n) is 5.33. The molecule has 2 atom stereocenters. The second-order valence-corrected chi connectivity index (χ2v) is 8.74. The highest BCUT2D eigenvalue weighted by Crippen LogP contribution is 2.34. The van der Waals surface area contributed by atoms with E-state index in [2.05, 4.69) is 24.6 Å². The summed E-state index contributed by atoms with van der Waals surface area (Å²) in [6.07, 6.45) is 3.54. The van der Waals surface area contributed by atoms with E-state index in [1.165, 1.54) is 10.4 Å². The molecule has 32 heavy (non-hydrogen) atoms. The monoisotopic (exact) mass is 456 g/mol. The Morgan fingerprint density at radius 3 is 2.84 bits per heavy atom. The average Bonchev–Trinajstić information content (AvgIpc) is 3.27. The number of para-hydroxylation sites is 1. The van der Waals surface area contributed by atoms with Gasteiger partial charge < -0.3 is 19.5 Å². The minimum atomic E-state index is -0.690. The molecule has 1 aliphatic heterocycles. The van der Waals surface area contributed by atoms with Crippen LogP contribution in [0, 0.1) is 0 Å². The Hall–Kier alpha value is -2.45. The van der Waals surface area contributed by atoms with Crippen molar-refractivity contribution in [3.05, 3.63) is 77.5 Å². The molecule has 0 spiro atoms. The highest BCUT2D eigenvalue weighted by atomic mass is 32.1. The molecule has 1 amide bonds. The highest BCUT2D eigenvalue weighted by Gasteiger charge is 2.33. The molecular formula is C25H32N2O4S. The molecule has 0 radical (unpaired) electrons. The molecule has 1 aromatic carbocycles. The molecule has 2 aromatic rings. The van der Waals surface area contributed by atoms with E-state index in [1.807, 2.05) is 40.1 Å². The Labute approximate surface area is 194 Å². The zero-order valence-corrected chi connectivity index (χ0v) is 19.2. The van der Waals surface area contributed by atoms with Crippen LogP contribution in [0.4, 0.5) is 0 Å². The molecule has 3 rings (SSSR count). The van der Waals surface area contributed by atoms with Gasteiger partial charge in [0, 0.05) is 24.5 Å². The fourth-order valence-corrected chi connectivity index (χ4v) is 4.80. The fourth-order valence-electron chi connectivity index (χ4n) is 3.87. The van der Waals surface area contributed by atoms with Crippen molar-refractivity contribution in [1.82, 2.24) is 9.80 Å². The molecule has 0 saturated carbocycles. The summed E-state index contributed by atoms with van der Waals surface area (Å²) in [7, 11) is 0. The molecule has 0 aliphatic carbocycles. The van der Waals surface area contributed by atoms with Crippen LogP contribution in [0.5, 0.6) is 5.75 Å². The Morgan fingerprint density at radius 2 is 2.09 bits per heavy atom. The van der Waals surface area contributed by atoms with Crippen LogP contribution in [-0.2, 0) is 16.0 Å². The number of benzene rings is 1. The first-order valence-corrected chi connectivity index (χ1v) is 11.7. The van der Waals surface area contributed by atoms with Crippen molar-refractivity contribution in [2.45, 2.75) is 18.6 Å². The first kappa shape index (κ1) is 24.2. The van der Waals surface area contributed by atoms with Crippen LogP contribution in [0.1, 0.15) is 16.5 Å². The summed E-state index contributed by atoms with van der Waals surface area (Å²) in [5.74, 6) is 0.808. The summed E-state index contributed by atoms with van der Waals surface area (Å²) in [5, 5.41) is 12.4. The number of nitrogens with zero attached hydrogens (tertiary/aromatic N) is 2. The number of rotatable bonds is 13. The molecule has 0 bridgehead atoms. The van der Waals surface area contributed by atoms with Gasteiger partial charge in [-0.05, 0) is 35.6 Å². The van der Waals surface area contributed by atoms with Gasteiger partial charge in [0.25, 0.3) is 0 Å². The summed E-state index contributed by atoms with van der Waals surface area (Å²) in [5.41, 5.74) is 1.17. The standard InChI is InChI=1S/C25H32N2O4S/c1-3-12-26(16-20(28)18-30-14-4-2)17-25(29)27-13-10-24-22(11-15-32-24)23(27)19-31-21-8-6-5-7-9-21/h3-9,11,15,20,23,28H,1-2,10,12-14,16-19H2. The lowest BCUT2D eigenvalue weighted by Crippen LogP contribution is -2.48. The van der Waals surface area contributed by atoms with E-state index in [0.29, 0.717) is 32.8 Å². The van der Waals surface area contributed by atoms with Crippen molar-refractivity contribution < 1.29 is 19.4 Å². The Balaban J connectivity index is 1.66. The van der Waals surface area contributed by atoms with E-state index >= 15 is 0 Å². The number of amides is 1. The Bertz CT molecular complexity index is 870. The second-order valence-electron chi connectivity index (χ2n) is 7.74. The Morgan fingerprint density at radius 1 is 1.28 bits per heavy atom. The number of aliphatic hydroxyl groups excluding tert-OH is 1. The third-order valence-corrected chi connectivity index (χ3v) is 6.32. The van der Waals surface area contributed by atoms with Crippen LogP contribution in [0.15, 0.2) is 67.1 Å². The highest BCUT2D eigenvalue weighted by molar-refractivity contribution is 7.10. The predicted molar refractivity (Wildman–Crippen MR) is 128 cm³/mol. The number of hydrogen-bond donors (Lipinski definition) is 1. The number of thiophene rings is 1. The van der Waals surface area contributed by atoms with Crippen molar-refractivity contribution in [3.8, 4) is 5.75 Å². The van der Waals surface area contributed by atoms with E-state index in [0.717, 1.165) is 12.2 Å². The third kappa shape index (κ3) is 6.77. The zero-order chi connectivity index (χ0) is 22.8. The van der Waals surface area contributed by atoms with Gasteiger partial charge in [-0.25, -0.2) is 0 Å². The number of carbonyl (C=O) groups is 1. The molecule has 0 saturated heterocycles. The van der Waals surface area contributed by atoms with E-state index in [-0.39, 0.29) is 25.1 Å². The molecule has 6 nitrogen and oxygen atoms in total. The van der Waals surface area contributed by atoms with E-state index in [9.17, 15) is 9.90 Å². The van der Waals surface area contributed by atoms with Crippen LogP contribution in [0.2, 0.25) is 0 Å². The summed E-state index contributed by atoms with van der Waals surface area (Å²) in [6.45, 7) is 10.1. The van der Waals surface area contributed by atoms with Crippen LogP contribution >= 0.6 is 11.3 Å². The topological polar surface area (TPSA) is 62.2 Å². The van der Waals surface area contributed by atoms with E-state index < -0.39 is 6.10 Å². The Kier molecular flexibility index (Phi) is 9.49. The molecule has 1 aliphatic rings. The van der Waals surface area contributed by atoms with E-state index in [1.54, 1.807) is 23.5 Å². The maximum Gasteiger partial charge on any atom is 0.237 e. The van der Waals surface area contributed by atoms with Crippen LogP contribution in [0.3, 0.4) is 0 Å². The molecule has 1 N–H and O–H groups in total. The van der Waals surface area contributed by atoms with Gasteiger partial charge in [0.1, 0.15) is 12.4 Å². The van der Waals surface area contributed by atoms with Crippen molar-refractivity contribution in [2.75, 3.05) is 46.0 Å². The van der Waals surface area contributed by atoms with Crippen LogP contribution in [-0.4, -0.2) is 72.9 Å². The van der Waals surface area contributed by atoms with Gasteiger partial charge in [-0.1, -0.05) is 30.4 Å². The van der Waals surface area contributed by atoms with Crippen molar-refractivity contribution in [3.63, 3.8) is 0 Å².